The molecule has 4 rings (SSSR count). The van der Waals surface area contributed by atoms with Crippen molar-refractivity contribution in [3.63, 3.8) is 0 Å². The molecule has 1 aromatic heterocycles. The molecule has 0 saturated carbocycles. The summed E-state index contributed by atoms with van der Waals surface area (Å²) >= 11 is 6.03. The number of carbonyl (C=O) groups is 1. The number of rotatable bonds is 4. The zero-order valence-electron chi connectivity index (χ0n) is 15.9. The van der Waals surface area contributed by atoms with Crippen LogP contribution < -0.4 is 0 Å². The number of benzene rings is 3. The molecule has 0 saturated heterocycles. The monoisotopic (exact) mass is 466 g/mol. The Hall–Kier alpha value is -3.46. The SMILES string of the molecule is O=C(O)c1ccc(-c2nn(Cc3c(Cl)cccc3C(F)(F)F)c3cccc(F)c23)c(F)c1. The second kappa shape index (κ2) is 7.90. The van der Waals surface area contributed by atoms with Crippen LogP contribution in [-0.4, -0.2) is 20.9 Å². The van der Waals surface area contributed by atoms with Gasteiger partial charge in [-0.1, -0.05) is 23.7 Å². The van der Waals surface area contributed by atoms with Crippen molar-refractivity contribution in [2.45, 2.75) is 12.7 Å². The number of aromatic nitrogens is 2. The van der Waals surface area contributed by atoms with E-state index in [1.165, 1.54) is 24.3 Å². The summed E-state index contributed by atoms with van der Waals surface area (Å²) in [7, 11) is 0. The highest BCUT2D eigenvalue weighted by Crippen LogP contribution is 2.37. The highest BCUT2D eigenvalue weighted by Gasteiger charge is 2.34. The van der Waals surface area contributed by atoms with E-state index in [2.05, 4.69) is 5.10 Å². The van der Waals surface area contributed by atoms with Gasteiger partial charge in [0, 0.05) is 16.1 Å². The molecule has 32 heavy (non-hydrogen) atoms. The summed E-state index contributed by atoms with van der Waals surface area (Å²) in [5.74, 6) is -3.08. The first kappa shape index (κ1) is 21.8. The minimum Gasteiger partial charge on any atom is -0.478 e. The zero-order chi connectivity index (χ0) is 23.2. The standard InChI is InChI=1S/C22H12ClF5N2O2/c23-15-4-1-3-14(22(26,27)28)13(15)10-30-18-6-2-5-16(24)19(18)20(29-30)12-8-7-11(21(31)32)9-17(12)25/h1-9H,10H2,(H,31,32). The van der Waals surface area contributed by atoms with Crippen LogP contribution in [0.15, 0.2) is 54.6 Å². The van der Waals surface area contributed by atoms with Gasteiger partial charge in [0.1, 0.15) is 17.3 Å². The van der Waals surface area contributed by atoms with Gasteiger partial charge in [0.05, 0.1) is 28.6 Å². The van der Waals surface area contributed by atoms with Crippen molar-refractivity contribution in [1.82, 2.24) is 9.78 Å². The van der Waals surface area contributed by atoms with Gasteiger partial charge in [0.15, 0.2) is 0 Å². The largest absolute Gasteiger partial charge is 0.478 e. The molecule has 1 N–H and O–H groups in total. The Labute approximate surface area is 182 Å². The smallest absolute Gasteiger partial charge is 0.416 e. The molecule has 0 fully saturated rings. The van der Waals surface area contributed by atoms with E-state index in [0.717, 1.165) is 35.0 Å². The molecule has 164 valence electrons. The van der Waals surface area contributed by atoms with Gasteiger partial charge in [0.25, 0.3) is 0 Å². The normalized spacial score (nSPS) is 11.8. The molecule has 0 aliphatic carbocycles. The first-order valence-corrected chi connectivity index (χ1v) is 9.48. The molecule has 0 atom stereocenters. The second-order valence-corrected chi connectivity index (χ2v) is 7.31. The molecule has 0 unspecified atom stereocenters. The van der Waals surface area contributed by atoms with Crippen LogP contribution in [-0.2, 0) is 12.7 Å². The van der Waals surface area contributed by atoms with Crippen LogP contribution in [0.4, 0.5) is 22.0 Å². The van der Waals surface area contributed by atoms with Gasteiger partial charge in [-0.15, -0.1) is 0 Å². The number of hydrogen-bond donors (Lipinski definition) is 1. The Morgan fingerprint density at radius 2 is 1.75 bits per heavy atom. The van der Waals surface area contributed by atoms with Gasteiger partial charge in [-0.3, -0.25) is 4.68 Å². The minimum absolute atomic E-state index is 0.116. The first-order valence-electron chi connectivity index (χ1n) is 9.10. The van der Waals surface area contributed by atoms with Crippen molar-refractivity contribution < 1.29 is 31.9 Å². The van der Waals surface area contributed by atoms with E-state index in [-0.39, 0.29) is 38.3 Å². The third-order valence-corrected chi connectivity index (χ3v) is 5.28. The maximum Gasteiger partial charge on any atom is 0.416 e. The van der Waals surface area contributed by atoms with E-state index in [0.29, 0.717) is 0 Å². The van der Waals surface area contributed by atoms with Crippen LogP contribution in [0.1, 0.15) is 21.5 Å². The Kier molecular flexibility index (Phi) is 5.37. The minimum atomic E-state index is -4.68. The number of nitrogens with zero attached hydrogens (tertiary/aromatic N) is 2. The topological polar surface area (TPSA) is 55.1 Å². The second-order valence-electron chi connectivity index (χ2n) is 6.90. The van der Waals surface area contributed by atoms with Gasteiger partial charge in [-0.2, -0.15) is 18.3 Å². The van der Waals surface area contributed by atoms with Crippen LogP contribution >= 0.6 is 11.6 Å². The summed E-state index contributed by atoms with van der Waals surface area (Å²) in [4.78, 5) is 11.1. The Morgan fingerprint density at radius 3 is 2.41 bits per heavy atom. The summed E-state index contributed by atoms with van der Waals surface area (Å²) in [5, 5.41) is 12.9. The van der Waals surface area contributed by atoms with E-state index in [1.807, 2.05) is 0 Å². The van der Waals surface area contributed by atoms with E-state index in [1.54, 1.807) is 0 Å². The Bertz CT molecular complexity index is 1360. The molecule has 4 nitrogen and oxygen atoms in total. The van der Waals surface area contributed by atoms with E-state index >= 15 is 0 Å². The van der Waals surface area contributed by atoms with Crippen LogP contribution in [0.5, 0.6) is 0 Å². The number of carboxylic acid groups (broad SMARTS) is 1. The number of aromatic carboxylic acids is 1. The average molecular weight is 467 g/mol. The van der Waals surface area contributed by atoms with Crippen molar-refractivity contribution in [2.75, 3.05) is 0 Å². The van der Waals surface area contributed by atoms with Gasteiger partial charge in [0.2, 0.25) is 0 Å². The first-order chi connectivity index (χ1) is 15.1. The molecule has 0 aliphatic rings. The van der Waals surface area contributed by atoms with Crippen LogP contribution in [0.3, 0.4) is 0 Å². The Morgan fingerprint density at radius 1 is 1.03 bits per heavy atom. The zero-order valence-corrected chi connectivity index (χ0v) is 16.7. The van der Waals surface area contributed by atoms with E-state index < -0.39 is 35.9 Å². The number of fused-ring (bicyclic) bond motifs is 1. The quantitative estimate of drug-likeness (QED) is 0.354. The predicted molar refractivity (Wildman–Crippen MR) is 108 cm³/mol. The fourth-order valence-corrected chi connectivity index (χ4v) is 3.71. The van der Waals surface area contributed by atoms with Crippen molar-refractivity contribution in [3.8, 4) is 11.3 Å². The molecule has 10 heteroatoms. The lowest BCUT2D eigenvalue weighted by molar-refractivity contribution is -0.138. The Balaban J connectivity index is 1.92. The van der Waals surface area contributed by atoms with Crippen molar-refractivity contribution in [2.24, 2.45) is 0 Å². The maximum atomic E-state index is 14.7. The molecule has 0 aliphatic heterocycles. The third kappa shape index (κ3) is 3.80. The van der Waals surface area contributed by atoms with Crippen LogP contribution in [0, 0.1) is 11.6 Å². The molecule has 0 spiro atoms. The summed E-state index contributed by atoms with van der Waals surface area (Å²) in [6.45, 7) is -0.455. The summed E-state index contributed by atoms with van der Waals surface area (Å²) < 4.78 is 70.9. The molecule has 3 aromatic carbocycles. The summed E-state index contributed by atoms with van der Waals surface area (Å²) in [6.07, 6.45) is -4.68. The van der Waals surface area contributed by atoms with Crippen molar-refractivity contribution in [1.29, 1.82) is 0 Å². The molecule has 0 radical (unpaired) electrons. The molecule has 0 amide bonds. The predicted octanol–water partition coefficient (Wildman–Crippen LogP) is 6.40. The van der Waals surface area contributed by atoms with Gasteiger partial charge in [-0.05, 0) is 42.5 Å². The molecular formula is C22H12ClF5N2O2. The van der Waals surface area contributed by atoms with Gasteiger partial charge >= 0.3 is 12.1 Å². The maximum absolute atomic E-state index is 14.7. The third-order valence-electron chi connectivity index (χ3n) is 4.93. The fraction of sp³-hybridized carbons (Fsp3) is 0.0909. The summed E-state index contributed by atoms with van der Waals surface area (Å²) in [6, 6.07) is 10.2. The van der Waals surface area contributed by atoms with E-state index in [4.69, 9.17) is 16.7 Å². The van der Waals surface area contributed by atoms with E-state index in [9.17, 15) is 26.7 Å². The lowest BCUT2D eigenvalue weighted by Gasteiger charge is -2.14. The van der Waals surface area contributed by atoms with Crippen molar-refractivity contribution >= 4 is 28.5 Å². The van der Waals surface area contributed by atoms with Crippen LogP contribution in [0.25, 0.3) is 22.2 Å². The molecule has 1 heterocycles. The highest BCUT2D eigenvalue weighted by atomic mass is 35.5. The highest BCUT2D eigenvalue weighted by molar-refractivity contribution is 6.31. The van der Waals surface area contributed by atoms with Crippen LogP contribution in [0.2, 0.25) is 5.02 Å². The average Bonchev–Trinajstić information content (AvgIpc) is 3.08. The fourth-order valence-electron chi connectivity index (χ4n) is 3.47. The summed E-state index contributed by atoms with van der Waals surface area (Å²) in [5.41, 5.74) is -1.81. The van der Waals surface area contributed by atoms with Crippen molar-refractivity contribution in [3.05, 3.63) is 87.9 Å². The number of halogens is 6. The number of hydrogen-bond acceptors (Lipinski definition) is 2. The number of carboxylic acids is 1. The number of alkyl halides is 3. The molecular weight excluding hydrogens is 455 g/mol. The van der Waals surface area contributed by atoms with Gasteiger partial charge < -0.3 is 5.11 Å². The molecule has 0 bridgehead atoms. The lowest BCUT2D eigenvalue weighted by atomic mass is 10.0. The molecule has 4 aromatic rings. The van der Waals surface area contributed by atoms with Gasteiger partial charge in [-0.25, -0.2) is 13.6 Å². The lowest BCUT2D eigenvalue weighted by Crippen LogP contribution is -2.13.